The van der Waals surface area contributed by atoms with E-state index in [0.29, 0.717) is 12.8 Å². The zero-order valence-corrected chi connectivity index (χ0v) is 27.8. The van der Waals surface area contributed by atoms with Gasteiger partial charge in [0.15, 0.2) is 6.04 Å². The molecule has 24 heteroatoms. The van der Waals surface area contributed by atoms with Gasteiger partial charge in [0.2, 0.25) is 53.2 Å². The highest BCUT2D eigenvalue weighted by Gasteiger charge is 2.32. The molecule has 9 amide bonds. The van der Waals surface area contributed by atoms with Crippen molar-refractivity contribution in [1.82, 2.24) is 37.2 Å². The fraction of sp³-hybridized carbons (Fsp3) is 0.630. The first kappa shape index (κ1) is 45.5. The first-order chi connectivity index (χ1) is 23.9. The van der Waals surface area contributed by atoms with Crippen molar-refractivity contribution in [2.24, 2.45) is 22.9 Å². The molecule has 0 aliphatic rings. The maximum absolute atomic E-state index is 13.1. The lowest BCUT2D eigenvalue weighted by Gasteiger charge is -2.24. The molecule has 0 aromatic heterocycles. The van der Waals surface area contributed by atoms with Crippen LogP contribution in [0, 0.1) is 0 Å². The molecule has 0 heterocycles. The van der Waals surface area contributed by atoms with Gasteiger partial charge in [0.05, 0.1) is 45.2 Å². The van der Waals surface area contributed by atoms with Crippen LogP contribution in [0.1, 0.15) is 39.0 Å². The molecule has 0 aliphatic carbocycles. The van der Waals surface area contributed by atoms with E-state index in [2.05, 4.69) is 37.2 Å². The Labute approximate surface area is 290 Å². The van der Waals surface area contributed by atoms with Crippen molar-refractivity contribution in [3.63, 3.8) is 0 Å². The Balaban J connectivity index is 5.69. The number of amides is 9. The second-order valence-electron chi connectivity index (χ2n) is 10.9. The molecule has 0 radical (unpaired) electrons. The molecule has 0 aromatic rings. The number of aliphatic carboxylic acids is 1. The Morgan fingerprint density at radius 1 is 0.608 bits per heavy atom. The number of aliphatic hydroxyl groups excluding tert-OH is 2. The summed E-state index contributed by atoms with van der Waals surface area (Å²) in [5.41, 5.74) is 20.9. The quantitative estimate of drug-likeness (QED) is 0.0387. The van der Waals surface area contributed by atoms with Crippen molar-refractivity contribution < 1.29 is 63.3 Å². The fourth-order valence-electron chi connectivity index (χ4n) is 4.00. The molecule has 6 atom stereocenters. The third-order valence-electron chi connectivity index (χ3n) is 6.61. The standard InChI is InChI=1S/C27H47N11O13/c1-12(40)22(27(50)51)38-24(47)13(4-2-3-5-28)34-21(45)10-33-23(46)14(6-17(30)41)36-25(48)15(7-18(31)42)37-26(49)16(11-39)35-20(44)9-32-19(43)8-29/h12-16,22,39-40H,2-11,28-29H2,1H3,(H2,30,41)(H2,31,42)(H,32,43)(H,33,46)(H,34,45)(H,35,44)(H,36,48)(H,37,49)(H,38,47)(H,50,51). The summed E-state index contributed by atoms with van der Waals surface area (Å²) in [5.74, 6) is -10.9. The number of aliphatic hydroxyl groups is 2. The molecule has 18 N–H and O–H groups in total. The summed E-state index contributed by atoms with van der Waals surface area (Å²) in [5, 5.41) is 43.4. The van der Waals surface area contributed by atoms with Crippen LogP contribution in [0.3, 0.4) is 0 Å². The van der Waals surface area contributed by atoms with Crippen molar-refractivity contribution >= 4 is 59.1 Å². The number of nitrogens with two attached hydrogens (primary N) is 4. The molecule has 0 rings (SSSR count). The Bertz CT molecular complexity index is 1280. The van der Waals surface area contributed by atoms with E-state index in [0.717, 1.165) is 6.92 Å². The van der Waals surface area contributed by atoms with Crippen molar-refractivity contribution in [3.05, 3.63) is 0 Å². The molecule has 0 fully saturated rings. The van der Waals surface area contributed by atoms with E-state index in [1.165, 1.54) is 0 Å². The molecule has 6 unspecified atom stereocenters. The van der Waals surface area contributed by atoms with Crippen molar-refractivity contribution in [1.29, 1.82) is 0 Å². The summed E-state index contributed by atoms with van der Waals surface area (Å²) in [6, 6.07) is -8.33. The van der Waals surface area contributed by atoms with E-state index in [4.69, 9.17) is 22.9 Å². The topological polar surface area (TPSA) is 420 Å². The molecule has 0 saturated heterocycles. The van der Waals surface area contributed by atoms with Gasteiger partial charge in [-0.1, -0.05) is 0 Å². The van der Waals surface area contributed by atoms with Gasteiger partial charge >= 0.3 is 5.97 Å². The second kappa shape index (κ2) is 23.8. The highest BCUT2D eigenvalue weighted by molar-refractivity contribution is 5.98. The third-order valence-corrected chi connectivity index (χ3v) is 6.61. The number of carboxylic acids is 1. The van der Waals surface area contributed by atoms with Crippen LogP contribution in [0.15, 0.2) is 0 Å². The molecular formula is C27H47N11O13. The molecular weight excluding hydrogens is 686 g/mol. The molecule has 0 saturated carbocycles. The number of carbonyl (C=O) groups is 10. The van der Waals surface area contributed by atoms with E-state index in [1.807, 2.05) is 0 Å². The third kappa shape index (κ3) is 18.8. The largest absolute Gasteiger partial charge is 0.480 e. The van der Waals surface area contributed by atoms with Gasteiger partial charge in [-0.05, 0) is 32.7 Å². The minimum Gasteiger partial charge on any atom is -0.480 e. The van der Waals surface area contributed by atoms with E-state index in [-0.39, 0.29) is 13.0 Å². The van der Waals surface area contributed by atoms with Gasteiger partial charge in [0.1, 0.15) is 24.2 Å². The number of nitrogens with one attached hydrogen (secondary N) is 7. The number of rotatable bonds is 25. The molecule has 0 aromatic carbocycles. The monoisotopic (exact) mass is 733 g/mol. The van der Waals surface area contributed by atoms with Crippen LogP contribution < -0.4 is 60.2 Å². The van der Waals surface area contributed by atoms with E-state index in [1.54, 1.807) is 0 Å². The summed E-state index contributed by atoms with van der Waals surface area (Å²) in [4.78, 5) is 122. The molecule has 288 valence electrons. The minimum absolute atomic E-state index is 0.00609. The van der Waals surface area contributed by atoms with Crippen LogP contribution >= 0.6 is 0 Å². The van der Waals surface area contributed by atoms with Gasteiger partial charge in [-0.3, -0.25) is 43.2 Å². The predicted molar refractivity (Wildman–Crippen MR) is 172 cm³/mol. The van der Waals surface area contributed by atoms with E-state index in [9.17, 15) is 63.3 Å². The molecule has 0 aliphatic heterocycles. The average molecular weight is 734 g/mol. The average Bonchev–Trinajstić information content (AvgIpc) is 3.05. The van der Waals surface area contributed by atoms with E-state index >= 15 is 0 Å². The zero-order chi connectivity index (χ0) is 39.3. The summed E-state index contributed by atoms with van der Waals surface area (Å²) in [6.45, 7) is -1.52. The van der Waals surface area contributed by atoms with E-state index < -0.39 is 135 Å². The highest BCUT2D eigenvalue weighted by Crippen LogP contribution is 2.04. The van der Waals surface area contributed by atoms with Crippen LogP contribution in [0.2, 0.25) is 0 Å². The van der Waals surface area contributed by atoms with Crippen molar-refractivity contribution in [2.45, 2.75) is 75.3 Å². The Hall–Kier alpha value is -5.46. The SMILES string of the molecule is CC(O)C(NC(=O)C(CCCCN)NC(=O)CNC(=O)C(CC(N)=O)NC(=O)C(CC(N)=O)NC(=O)C(CO)NC(=O)CNC(=O)CN)C(=O)O. The number of carbonyl (C=O) groups excluding carboxylic acids is 9. The normalized spacial score (nSPS) is 14.1. The first-order valence-corrected chi connectivity index (χ1v) is 15.4. The van der Waals surface area contributed by atoms with Crippen LogP contribution in [0.25, 0.3) is 0 Å². The summed E-state index contributed by atoms with van der Waals surface area (Å²) >= 11 is 0. The van der Waals surface area contributed by atoms with Gasteiger partial charge in [0, 0.05) is 0 Å². The summed E-state index contributed by atoms with van der Waals surface area (Å²) in [7, 11) is 0. The number of unbranched alkanes of at least 4 members (excludes halogenated alkanes) is 1. The number of hydrogen-bond acceptors (Lipinski definition) is 14. The molecule has 0 spiro atoms. The Kier molecular flexibility index (Phi) is 21.3. The Morgan fingerprint density at radius 3 is 1.53 bits per heavy atom. The number of carboxylic acid groups (broad SMARTS) is 1. The van der Waals surface area contributed by atoms with Crippen molar-refractivity contribution in [3.8, 4) is 0 Å². The first-order valence-electron chi connectivity index (χ1n) is 15.4. The van der Waals surface area contributed by atoms with Crippen LogP contribution in [-0.4, -0.2) is 144 Å². The van der Waals surface area contributed by atoms with Gasteiger partial charge in [0.25, 0.3) is 0 Å². The summed E-state index contributed by atoms with van der Waals surface area (Å²) < 4.78 is 0. The van der Waals surface area contributed by atoms with Crippen LogP contribution in [0.4, 0.5) is 0 Å². The minimum atomic E-state index is -1.83. The van der Waals surface area contributed by atoms with Gasteiger partial charge < -0.3 is 75.5 Å². The number of primary amides is 2. The maximum Gasteiger partial charge on any atom is 0.328 e. The highest BCUT2D eigenvalue weighted by atomic mass is 16.4. The smallest absolute Gasteiger partial charge is 0.328 e. The van der Waals surface area contributed by atoms with Gasteiger partial charge in [-0.2, -0.15) is 0 Å². The number of hydrogen-bond donors (Lipinski definition) is 14. The lowest BCUT2D eigenvalue weighted by atomic mass is 10.1. The lowest BCUT2D eigenvalue weighted by Crippen LogP contribution is -2.59. The van der Waals surface area contributed by atoms with Crippen LogP contribution in [-0.2, 0) is 47.9 Å². The summed E-state index contributed by atoms with van der Waals surface area (Å²) in [6.07, 6.45) is -2.45. The molecule has 0 bridgehead atoms. The van der Waals surface area contributed by atoms with Gasteiger partial charge in [-0.25, -0.2) is 4.79 Å². The fourth-order valence-corrected chi connectivity index (χ4v) is 4.00. The molecule has 24 nitrogen and oxygen atoms in total. The van der Waals surface area contributed by atoms with Gasteiger partial charge in [-0.15, -0.1) is 0 Å². The predicted octanol–water partition coefficient (Wildman–Crippen LogP) is -9.06. The van der Waals surface area contributed by atoms with Crippen LogP contribution in [0.5, 0.6) is 0 Å². The lowest BCUT2D eigenvalue weighted by molar-refractivity contribution is -0.145. The Morgan fingerprint density at radius 2 is 1.08 bits per heavy atom. The van der Waals surface area contributed by atoms with Crippen molar-refractivity contribution in [2.75, 3.05) is 32.8 Å². The second-order valence-corrected chi connectivity index (χ2v) is 10.9. The maximum atomic E-state index is 13.1. The molecule has 51 heavy (non-hydrogen) atoms. The zero-order valence-electron chi connectivity index (χ0n) is 27.8.